The zero-order chi connectivity index (χ0) is 7.56. The van der Waals surface area contributed by atoms with Crippen LogP contribution in [0.25, 0.3) is 11.1 Å². The zero-order valence-corrected chi connectivity index (χ0v) is 6.50. The van der Waals surface area contributed by atoms with E-state index in [1.165, 1.54) is 11.1 Å². The number of hydrogen-bond acceptors (Lipinski definition) is 3. The molecule has 0 bridgehead atoms. The maximum Gasteiger partial charge on any atom is 0.0814 e. The molecule has 5 heteroatoms. The standard InChI is InChI=1S/C6H4.H3N.H2O3S/c1-2-5-4-6(5)3-1;;1-4(2)3/h1-4H;1H3;(H2,1,2,3)/p-1. The normalized spacial score (nSPS) is 11.8. The smallest absolute Gasteiger partial charge is 0.0814 e. The van der Waals surface area contributed by atoms with E-state index in [-0.39, 0.29) is 6.15 Å². The van der Waals surface area contributed by atoms with Gasteiger partial charge in [-0.3, -0.25) is 0 Å². The van der Waals surface area contributed by atoms with Crippen LogP contribution in [0.4, 0.5) is 0 Å². The van der Waals surface area contributed by atoms with Gasteiger partial charge in [0.2, 0.25) is 0 Å². The lowest BCUT2D eigenvalue weighted by Crippen LogP contribution is -1.75. The van der Waals surface area contributed by atoms with Gasteiger partial charge in [0.05, 0.1) is 11.4 Å². The molecule has 0 saturated carbocycles. The van der Waals surface area contributed by atoms with Gasteiger partial charge in [0.25, 0.3) is 0 Å². The fraction of sp³-hybridized carbons (Fsp3) is 0. The molecule has 4 N–H and O–H groups in total. The molecule has 1 atom stereocenters. The van der Waals surface area contributed by atoms with Crippen molar-refractivity contribution >= 4 is 11.4 Å². The highest BCUT2D eigenvalue weighted by Crippen LogP contribution is 2.32. The number of benzene rings is 1. The van der Waals surface area contributed by atoms with E-state index in [1.54, 1.807) is 0 Å². The number of fused-ring (bicyclic) bond motifs is 1. The van der Waals surface area contributed by atoms with Gasteiger partial charge in [0, 0.05) is 0 Å². The van der Waals surface area contributed by atoms with Crippen molar-refractivity contribution in [2.45, 2.75) is 0 Å². The van der Waals surface area contributed by atoms with E-state index < -0.39 is 11.4 Å². The highest BCUT2D eigenvalue weighted by molar-refractivity contribution is 7.73. The molecular weight excluding hydrogens is 166 g/mol. The molecular formula is C6H8NO3S-. The van der Waals surface area contributed by atoms with Gasteiger partial charge in [-0.15, -0.1) is 0 Å². The van der Waals surface area contributed by atoms with Crippen LogP contribution in [0.1, 0.15) is 0 Å². The summed E-state index contributed by atoms with van der Waals surface area (Å²) in [5, 5.41) is 0. The molecule has 0 aliphatic heterocycles. The lowest BCUT2D eigenvalue weighted by molar-refractivity contribution is 0.436. The SMILES string of the molecule is N.O=S([O-])O.c1cc2cc-2c1. The van der Waals surface area contributed by atoms with E-state index >= 15 is 0 Å². The lowest BCUT2D eigenvalue weighted by atomic mass is 10.6. The maximum absolute atomic E-state index is 8.56. The van der Waals surface area contributed by atoms with Gasteiger partial charge < -0.3 is 15.3 Å². The molecule has 0 fully saturated rings. The summed E-state index contributed by atoms with van der Waals surface area (Å²) in [6.07, 6.45) is 0. The fourth-order valence-electron chi connectivity index (χ4n) is 0.676. The Labute approximate surface area is 66.9 Å². The minimum absolute atomic E-state index is 0. The molecule has 2 rings (SSSR count). The molecule has 4 nitrogen and oxygen atoms in total. The van der Waals surface area contributed by atoms with Crippen LogP contribution < -0.4 is 6.15 Å². The molecule has 2 aliphatic carbocycles. The van der Waals surface area contributed by atoms with E-state index in [4.69, 9.17) is 13.3 Å². The summed E-state index contributed by atoms with van der Waals surface area (Å²) in [7, 11) is 0. The zero-order valence-electron chi connectivity index (χ0n) is 5.69. The first-order chi connectivity index (χ1) is 4.70. The van der Waals surface area contributed by atoms with Gasteiger partial charge in [-0.2, -0.15) is 0 Å². The van der Waals surface area contributed by atoms with Gasteiger partial charge in [-0.05, 0) is 17.2 Å². The van der Waals surface area contributed by atoms with E-state index in [0.29, 0.717) is 0 Å². The van der Waals surface area contributed by atoms with E-state index in [1.807, 2.05) is 0 Å². The van der Waals surface area contributed by atoms with Gasteiger partial charge in [0.15, 0.2) is 0 Å². The topological polar surface area (TPSA) is 95.4 Å². The molecule has 0 aromatic carbocycles. The molecule has 0 aromatic heterocycles. The first kappa shape index (κ1) is 10.2. The summed E-state index contributed by atoms with van der Waals surface area (Å²) in [6, 6.07) is 8.48. The Hall–Kier alpha value is -0.750. The predicted octanol–water partition coefficient (Wildman–Crippen LogP) is 1.17. The van der Waals surface area contributed by atoms with Crippen molar-refractivity contribution in [3.63, 3.8) is 0 Å². The Morgan fingerprint density at radius 3 is 1.82 bits per heavy atom. The van der Waals surface area contributed by atoms with Crippen molar-refractivity contribution in [1.82, 2.24) is 6.15 Å². The van der Waals surface area contributed by atoms with E-state index in [9.17, 15) is 0 Å². The highest BCUT2D eigenvalue weighted by atomic mass is 32.2. The Morgan fingerprint density at radius 1 is 1.36 bits per heavy atom. The summed E-state index contributed by atoms with van der Waals surface area (Å²) >= 11 is -2.86. The molecule has 62 valence electrons. The van der Waals surface area contributed by atoms with Crippen molar-refractivity contribution in [2.75, 3.05) is 0 Å². The number of hydrogen-bond donors (Lipinski definition) is 2. The molecule has 11 heavy (non-hydrogen) atoms. The Kier molecular flexibility index (Phi) is 3.91. The second kappa shape index (κ2) is 4.20. The van der Waals surface area contributed by atoms with Crippen LogP contribution in [-0.2, 0) is 11.4 Å². The number of rotatable bonds is 0. The lowest BCUT2D eigenvalue weighted by Gasteiger charge is -1.83. The van der Waals surface area contributed by atoms with Gasteiger partial charge in [-0.1, -0.05) is 18.2 Å². The molecule has 0 spiro atoms. The molecule has 0 saturated heterocycles. The highest BCUT2D eigenvalue weighted by Gasteiger charge is 2.06. The monoisotopic (exact) mass is 174 g/mol. The molecule has 1 unspecified atom stereocenters. The van der Waals surface area contributed by atoms with Crippen LogP contribution in [0.15, 0.2) is 24.3 Å². The van der Waals surface area contributed by atoms with Crippen LogP contribution in [0.2, 0.25) is 0 Å². The van der Waals surface area contributed by atoms with Gasteiger partial charge >= 0.3 is 0 Å². The van der Waals surface area contributed by atoms with Crippen LogP contribution in [0, 0.1) is 0 Å². The van der Waals surface area contributed by atoms with E-state index in [0.717, 1.165) is 0 Å². The van der Waals surface area contributed by atoms with Gasteiger partial charge in [0.1, 0.15) is 0 Å². The fourth-order valence-corrected chi connectivity index (χ4v) is 0.676. The van der Waals surface area contributed by atoms with E-state index in [2.05, 4.69) is 24.3 Å². The van der Waals surface area contributed by atoms with Crippen molar-refractivity contribution in [1.29, 1.82) is 0 Å². The maximum atomic E-state index is 8.56. The summed E-state index contributed by atoms with van der Waals surface area (Å²) < 4.78 is 24.1. The van der Waals surface area contributed by atoms with Crippen LogP contribution >= 0.6 is 0 Å². The van der Waals surface area contributed by atoms with Crippen molar-refractivity contribution in [3.8, 4) is 11.1 Å². The van der Waals surface area contributed by atoms with Crippen molar-refractivity contribution in [2.24, 2.45) is 0 Å². The Morgan fingerprint density at radius 2 is 1.73 bits per heavy atom. The second-order valence-electron chi connectivity index (χ2n) is 1.80. The van der Waals surface area contributed by atoms with Crippen LogP contribution in [0.5, 0.6) is 0 Å². The largest absolute Gasteiger partial charge is 0.750 e. The summed E-state index contributed by atoms with van der Waals surface area (Å²) in [4.78, 5) is 0. The third kappa shape index (κ3) is 3.84. The average Bonchev–Trinajstić information content (AvgIpc) is 2.40. The first-order valence-electron chi connectivity index (χ1n) is 2.59. The molecule has 0 radical (unpaired) electrons. The Bertz CT molecular complexity index is 243. The molecule has 0 amide bonds. The third-order valence-electron chi connectivity index (χ3n) is 1.11. The molecule has 0 heterocycles. The minimum atomic E-state index is -2.86. The van der Waals surface area contributed by atoms with Crippen molar-refractivity contribution in [3.05, 3.63) is 24.3 Å². The second-order valence-corrected chi connectivity index (χ2v) is 2.23. The molecule has 0 aromatic rings. The third-order valence-corrected chi connectivity index (χ3v) is 1.11. The average molecular weight is 174 g/mol. The predicted molar refractivity (Wildman–Crippen MR) is 42.0 cm³/mol. The van der Waals surface area contributed by atoms with Crippen LogP contribution in [0.3, 0.4) is 0 Å². The van der Waals surface area contributed by atoms with Crippen LogP contribution in [-0.4, -0.2) is 13.3 Å². The molecule has 2 aliphatic rings. The van der Waals surface area contributed by atoms with Crippen molar-refractivity contribution < 1.29 is 13.3 Å². The first-order valence-corrected chi connectivity index (χ1v) is 3.62. The minimum Gasteiger partial charge on any atom is -0.750 e. The van der Waals surface area contributed by atoms with Gasteiger partial charge in [-0.25, -0.2) is 4.21 Å². The summed E-state index contributed by atoms with van der Waals surface area (Å²) in [5.41, 5.74) is 2.85. The summed E-state index contributed by atoms with van der Waals surface area (Å²) in [6.45, 7) is 0. The summed E-state index contributed by atoms with van der Waals surface area (Å²) in [5.74, 6) is 0. The quantitative estimate of drug-likeness (QED) is 0.586. The Balaban J connectivity index is 0.000000183.